The number of pyridine rings is 1. The molecular formula is C13H12N4O2. The first-order valence-electron chi connectivity index (χ1n) is 5.96. The number of amides is 1. The van der Waals surface area contributed by atoms with Gasteiger partial charge in [0.25, 0.3) is 5.95 Å². The third kappa shape index (κ3) is 2.08. The van der Waals surface area contributed by atoms with Crippen molar-refractivity contribution in [3.05, 3.63) is 36.4 Å². The maximum Gasteiger partial charge on any atom is 0.414 e. The van der Waals surface area contributed by atoms with Crippen molar-refractivity contribution in [3.63, 3.8) is 0 Å². The number of ether oxygens (including phenoxy) is 1. The highest BCUT2D eigenvalue weighted by Gasteiger charge is 2.09. The monoisotopic (exact) mass is 256 g/mol. The largest absolute Gasteiger partial charge is 0.450 e. The van der Waals surface area contributed by atoms with Crippen molar-refractivity contribution < 1.29 is 9.53 Å². The number of nitrogens with zero attached hydrogens (tertiary/aromatic N) is 3. The van der Waals surface area contributed by atoms with E-state index in [1.54, 1.807) is 11.4 Å². The van der Waals surface area contributed by atoms with E-state index in [-0.39, 0.29) is 5.95 Å². The van der Waals surface area contributed by atoms with Crippen LogP contribution in [0.1, 0.15) is 6.92 Å². The van der Waals surface area contributed by atoms with Gasteiger partial charge in [0.1, 0.15) is 0 Å². The molecule has 1 amide bonds. The summed E-state index contributed by atoms with van der Waals surface area (Å²) in [6.45, 7) is 2.05. The first-order valence-corrected chi connectivity index (χ1v) is 5.96. The number of nitrogens with one attached hydrogen (secondary N) is 1. The van der Waals surface area contributed by atoms with Crippen molar-refractivity contribution in [3.8, 4) is 0 Å². The van der Waals surface area contributed by atoms with E-state index in [2.05, 4.69) is 15.4 Å². The molecule has 6 nitrogen and oxygen atoms in total. The molecule has 0 radical (unpaired) electrons. The maximum atomic E-state index is 11.3. The number of hydrogen-bond acceptors (Lipinski definition) is 4. The molecule has 3 aromatic rings. The zero-order valence-electron chi connectivity index (χ0n) is 10.3. The van der Waals surface area contributed by atoms with Crippen molar-refractivity contribution in [1.82, 2.24) is 14.6 Å². The first-order chi connectivity index (χ1) is 9.28. The lowest BCUT2D eigenvalue weighted by Crippen LogP contribution is -2.14. The summed E-state index contributed by atoms with van der Waals surface area (Å²) in [7, 11) is 0. The molecule has 19 heavy (non-hydrogen) atoms. The smallest absolute Gasteiger partial charge is 0.414 e. The molecule has 3 rings (SSSR count). The van der Waals surface area contributed by atoms with Gasteiger partial charge in [0, 0.05) is 5.39 Å². The average Bonchev–Trinajstić information content (AvgIpc) is 2.81. The molecule has 6 heteroatoms. The topological polar surface area (TPSA) is 68.5 Å². The highest BCUT2D eigenvalue weighted by molar-refractivity contribution is 5.84. The van der Waals surface area contributed by atoms with E-state index >= 15 is 0 Å². The number of carbonyl (C=O) groups excluding carboxylic acids is 1. The Bertz CT molecular complexity index is 751. The standard InChI is InChI=1S/C13H12N4O2/c1-2-19-13(18)15-12-14-11-8-7-9-5-3-4-6-10(9)17(11)16-12/h3-8H,2H2,1H3,(H,15,16,18). The van der Waals surface area contributed by atoms with Gasteiger partial charge in [0.15, 0.2) is 5.65 Å². The van der Waals surface area contributed by atoms with Crippen molar-refractivity contribution in [2.45, 2.75) is 6.92 Å². The summed E-state index contributed by atoms with van der Waals surface area (Å²) in [5.74, 6) is 0.231. The zero-order chi connectivity index (χ0) is 13.2. The molecule has 1 N–H and O–H groups in total. The van der Waals surface area contributed by atoms with E-state index in [0.717, 1.165) is 10.9 Å². The van der Waals surface area contributed by atoms with E-state index in [1.807, 2.05) is 36.4 Å². The van der Waals surface area contributed by atoms with E-state index in [9.17, 15) is 4.79 Å². The van der Waals surface area contributed by atoms with Crippen LogP contribution in [0.25, 0.3) is 16.6 Å². The Balaban J connectivity index is 2.05. The van der Waals surface area contributed by atoms with Gasteiger partial charge in [-0.1, -0.05) is 18.2 Å². The van der Waals surface area contributed by atoms with Gasteiger partial charge in [0.05, 0.1) is 12.1 Å². The number of fused-ring (bicyclic) bond motifs is 3. The fraction of sp³-hybridized carbons (Fsp3) is 0.154. The van der Waals surface area contributed by atoms with Crippen LogP contribution in [0.4, 0.5) is 10.7 Å². The van der Waals surface area contributed by atoms with Crippen molar-refractivity contribution in [2.75, 3.05) is 11.9 Å². The normalized spacial score (nSPS) is 10.8. The van der Waals surface area contributed by atoms with Gasteiger partial charge >= 0.3 is 6.09 Å². The molecule has 0 saturated heterocycles. The summed E-state index contributed by atoms with van der Waals surface area (Å²) < 4.78 is 6.48. The summed E-state index contributed by atoms with van der Waals surface area (Å²) in [6, 6.07) is 11.7. The molecule has 96 valence electrons. The minimum Gasteiger partial charge on any atom is -0.450 e. The molecule has 2 heterocycles. The molecular weight excluding hydrogens is 244 g/mol. The second-order valence-corrected chi connectivity index (χ2v) is 3.94. The SMILES string of the molecule is CCOC(=O)Nc1nc2ccc3ccccc3n2n1. The van der Waals surface area contributed by atoms with Gasteiger partial charge in [-0.3, -0.25) is 5.32 Å². The van der Waals surface area contributed by atoms with Crippen molar-refractivity contribution in [1.29, 1.82) is 0 Å². The quantitative estimate of drug-likeness (QED) is 0.764. The molecule has 0 fully saturated rings. The number of carbonyl (C=O) groups is 1. The highest BCUT2D eigenvalue weighted by atomic mass is 16.5. The predicted molar refractivity (Wildman–Crippen MR) is 71.1 cm³/mol. The molecule has 0 spiro atoms. The van der Waals surface area contributed by atoms with Crippen LogP contribution < -0.4 is 5.32 Å². The van der Waals surface area contributed by atoms with Crippen molar-refractivity contribution in [2.24, 2.45) is 0 Å². The maximum absolute atomic E-state index is 11.3. The Morgan fingerprint density at radius 3 is 3.00 bits per heavy atom. The lowest BCUT2D eigenvalue weighted by Gasteiger charge is -1.99. The molecule has 0 bridgehead atoms. The number of benzene rings is 1. The lowest BCUT2D eigenvalue weighted by molar-refractivity contribution is 0.167. The Labute approximate surface area is 109 Å². The summed E-state index contributed by atoms with van der Waals surface area (Å²) in [5.41, 5.74) is 1.61. The van der Waals surface area contributed by atoms with Crippen LogP contribution in [0, 0.1) is 0 Å². The van der Waals surface area contributed by atoms with Gasteiger partial charge in [0.2, 0.25) is 0 Å². The number of aromatic nitrogens is 3. The Kier molecular flexibility index (Phi) is 2.75. The Hall–Kier alpha value is -2.63. The van der Waals surface area contributed by atoms with Crippen LogP contribution >= 0.6 is 0 Å². The summed E-state index contributed by atoms with van der Waals surface area (Å²) in [6.07, 6.45) is -0.553. The zero-order valence-corrected chi connectivity index (χ0v) is 10.3. The molecule has 0 atom stereocenters. The van der Waals surface area contributed by atoms with Crippen LogP contribution in [0.15, 0.2) is 36.4 Å². The van der Waals surface area contributed by atoms with Gasteiger partial charge in [-0.05, 0) is 25.1 Å². The first kappa shape index (κ1) is 11.5. The Morgan fingerprint density at radius 1 is 1.32 bits per heavy atom. The van der Waals surface area contributed by atoms with Crippen LogP contribution in [0.2, 0.25) is 0 Å². The molecule has 0 unspecified atom stereocenters. The summed E-state index contributed by atoms with van der Waals surface area (Å²) in [4.78, 5) is 15.6. The number of rotatable bonds is 2. The van der Waals surface area contributed by atoms with E-state index < -0.39 is 6.09 Å². The molecule has 1 aromatic carbocycles. The van der Waals surface area contributed by atoms with E-state index in [1.165, 1.54) is 0 Å². The van der Waals surface area contributed by atoms with E-state index in [4.69, 9.17) is 4.74 Å². The second-order valence-electron chi connectivity index (χ2n) is 3.94. The fourth-order valence-corrected chi connectivity index (χ4v) is 1.91. The molecule has 0 aliphatic carbocycles. The number of para-hydroxylation sites is 1. The number of hydrogen-bond donors (Lipinski definition) is 1. The van der Waals surface area contributed by atoms with Crippen LogP contribution in [0.3, 0.4) is 0 Å². The minimum atomic E-state index is -0.553. The van der Waals surface area contributed by atoms with Gasteiger partial charge in [-0.15, -0.1) is 5.10 Å². The molecule has 0 aliphatic heterocycles. The highest BCUT2D eigenvalue weighted by Crippen LogP contribution is 2.16. The average molecular weight is 256 g/mol. The third-order valence-electron chi connectivity index (χ3n) is 2.70. The number of anilines is 1. The van der Waals surface area contributed by atoms with Crippen molar-refractivity contribution >= 4 is 28.6 Å². The predicted octanol–water partition coefficient (Wildman–Crippen LogP) is 2.45. The molecule has 2 aromatic heterocycles. The summed E-state index contributed by atoms with van der Waals surface area (Å²) in [5, 5.41) is 7.81. The second kappa shape index (κ2) is 4.56. The van der Waals surface area contributed by atoms with Gasteiger partial charge < -0.3 is 4.74 Å². The van der Waals surface area contributed by atoms with E-state index in [0.29, 0.717) is 12.3 Å². The van der Waals surface area contributed by atoms with Gasteiger partial charge in [-0.2, -0.15) is 4.98 Å². The third-order valence-corrected chi connectivity index (χ3v) is 2.70. The Morgan fingerprint density at radius 2 is 2.16 bits per heavy atom. The van der Waals surface area contributed by atoms with Crippen LogP contribution in [-0.2, 0) is 4.74 Å². The molecule has 0 aliphatic rings. The molecule has 0 saturated carbocycles. The fourth-order valence-electron chi connectivity index (χ4n) is 1.91. The minimum absolute atomic E-state index is 0.231. The van der Waals surface area contributed by atoms with Crippen LogP contribution in [0.5, 0.6) is 0 Å². The van der Waals surface area contributed by atoms with Crippen LogP contribution in [-0.4, -0.2) is 27.3 Å². The lowest BCUT2D eigenvalue weighted by atomic mass is 10.2. The van der Waals surface area contributed by atoms with Gasteiger partial charge in [-0.25, -0.2) is 9.31 Å². The summed E-state index contributed by atoms with van der Waals surface area (Å²) >= 11 is 0.